The van der Waals surface area contributed by atoms with Crippen molar-refractivity contribution in [2.45, 2.75) is 0 Å². The molecule has 0 fully saturated rings. The number of carbonyl (C=O) groups is 2. The minimum absolute atomic E-state index is 0.128. The smallest absolute Gasteiger partial charge is 0.251 e. The topological polar surface area (TPSA) is 49.4 Å². The molecule has 1 amide bonds. The Bertz CT molecular complexity index is 681. The summed E-state index contributed by atoms with van der Waals surface area (Å²) < 4.78 is 12.8. The summed E-state index contributed by atoms with van der Waals surface area (Å²) in [5.41, 5.74) is 1.75. The first-order chi connectivity index (χ1) is 10.5. The van der Waals surface area contributed by atoms with Crippen LogP contribution in [-0.2, 0) is 0 Å². The highest BCUT2D eigenvalue weighted by molar-refractivity contribution is 6.02. The fraction of sp³-hybridized carbons (Fsp3) is 0.176. The van der Waals surface area contributed by atoms with E-state index < -0.39 is 5.82 Å². The highest BCUT2D eigenvalue weighted by Gasteiger charge is 2.10. The van der Waals surface area contributed by atoms with Crippen molar-refractivity contribution in [2.24, 2.45) is 0 Å². The second kappa shape index (κ2) is 6.85. The number of halogens is 1. The van der Waals surface area contributed by atoms with Crippen molar-refractivity contribution in [1.82, 2.24) is 5.32 Å². The number of amides is 1. The van der Waals surface area contributed by atoms with Gasteiger partial charge in [-0.2, -0.15) is 0 Å². The van der Waals surface area contributed by atoms with Crippen LogP contribution in [-0.4, -0.2) is 32.3 Å². The van der Waals surface area contributed by atoms with E-state index in [-0.39, 0.29) is 18.2 Å². The van der Waals surface area contributed by atoms with Gasteiger partial charge >= 0.3 is 0 Å². The van der Waals surface area contributed by atoms with Gasteiger partial charge in [-0.05, 0) is 42.5 Å². The van der Waals surface area contributed by atoms with Gasteiger partial charge in [0.15, 0.2) is 5.78 Å². The van der Waals surface area contributed by atoms with Crippen molar-refractivity contribution in [3.8, 4) is 0 Å². The van der Waals surface area contributed by atoms with E-state index in [0.29, 0.717) is 11.1 Å². The Labute approximate surface area is 128 Å². The molecule has 0 aromatic heterocycles. The third-order valence-electron chi connectivity index (χ3n) is 3.20. The number of anilines is 1. The van der Waals surface area contributed by atoms with E-state index in [2.05, 4.69) is 5.32 Å². The van der Waals surface area contributed by atoms with Crippen LogP contribution in [0.1, 0.15) is 20.7 Å². The van der Waals surface area contributed by atoms with Crippen LogP contribution >= 0.6 is 0 Å². The third kappa shape index (κ3) is 3.91. The molecule has 0 heterocycles. The summed E-state index contributed by atoms with van der Waals surface area (Å²) in [5.74, 6) is -0.989. The van der Waals surface area contributed by atoms with Crippen molar-refractivity contribution in [1.29, 1.82) is 0 Å². The average Bonchev–Trinajstić information content (AvgIpc) is 2.53. The zero-order valence-corrected chi connectivity index (χ0v) is 12.5. The molecular formula is C17H17FN2O2. The number of carbonyl (C=O) groups excluding carboxylic acids is 2. The fourth-order valence-corrected chi connectivity index (χ4v) is 1.93. The van der Waals surface area contributed by atoms with Gasteiger partial charge in [0.2, 0.25) is 0 Å². The maximum atomic E-state index is 12.8. The van der Waals surface area contributed by atoms with Crippen molar-refractivity contribution in [3.63, 3.8) is 0 Å². The molecule has 0 bridgehead atoms. The molecule has 22 heavy (non-hydrogen) atoms. The lowest BCUT2D eigenvalue weighted by Crippen LogP contribution is -2.29. The lowest BCUT2D eigenvalue weighted by molar-refractivity contribution is 0.0904. The minimum atomic E-state index is -0.402. The van der Waals surface area contributed by atoms with Gasteiger partial charge in [0.05, 0.1) is 6.54 Å². The molecule has 0 aliphatic carbocycles. The lowest BCUT2D eigenvalue weighted by atomic mass is 10.1. The SMILES string of the molecule is CN(C)c1cccc(C(=O)NCC(=O)c2ccc(F)cc2)c1. The zero-order valence-electron chi connectivity index (χ0n) is 12.5. The van der Waals surface area contributed by atoms with Crippen LogP contribution in [0.2, 0.25) is 0 Å². The summed E-state index contributed by atoms with van der Waals surface area (Å²) in [7, 11) is 3.77. The van der Waals surface area contributed by atoms with Gasteiger partial charge in [-0.3, -0.25) is 9.59 Å². The molecular weight excluding hydrogens is 283 g/mol. The molecule has 114 valence electrons. The highest BCUT2D eigenvalue weighted by atomic mass is 19.1. The van der Waals surface area contributed by atoms with Gasteiger partial charge in [-0.1, -0.05) is 6.07 Å². The van der Waals surface area contributed by atoms with Crippen molar-refractivity contribution < 1.29 is 14.0 Å². The van der Waals surface area contributed by atoms with Gasteiger partial charge in [0, 0.05) is 30.9 Å². The van der Waals surface area contributed by atoms with E-state index in [1.54, 1.807) is 18.2 Å². The molecule has 0 spiro atoms. The van der Waals surface area contributed by atoms with Gasteiger partial charge in [-0.25, -0.2) is 4.39 Å². The molecule has 0 aliphatic rings. The number of hydrogen-bond donors (Lipinski definition) is 1. The first kappa shape index (κ1) is 15.7. The summed E-state index contributed by atoms with van der Waals surface area (Å²) in [5, 5.41) is 2.58. The predicted molar refractivity (Wildman–Crippen MR) is 83.8 cm³/mol. The fourth-order valence-electron chi connectivity index (χ4n) is 1.93. The number of rotatable bonds is 5. The monoisotopic (exact) mass is 300 g/mol. The molecule has 2 aromatic rings. The van der Waals surface area contributed by atoms with E-state index in [0.717, 1.165) is 5.69 Å². The molecule has 2 aromatic carbocycles. The Morgan fingerprint density at radius 1 is 1.05 bits per heavy atom. The standard InChI is InChI=1S/C17H17FN2O2/c1-20(2)15-5-3-4-13(10-15)17(22)19-11-16(21)12-6-8-14(18)9-7-12/h3-10H,11H2,1-2H3,(H,19,22). The van der Waals surface area contributed by atoms with Crippen LogP contribution in [0.25, 0.3) is 0 Å². The Balaban J connectivity index is 1.99. The average molecular weight is 300 g/mol. The second-order valence-electron chi connectivity index (χ2n) is 5.06. The quantitative estimate of drug-likeness (QED) is 0.863. The van der Waals surface area contributed by atoms with E-state index >= 15 is 0 Å². The lowest BCUT2D eigenvalue weighted by Gasteiger charge is -2.13. The number of benzene rings is 2. The normalized spacial score (nSPS) is 10.1. The Morgan fingerprint density at radius 3 is 2.36 bits per heavy atom. The van der Waals surface area contributed by atoms with Gasteiger partial charge in [0.25, 0.3) is 5.91 Å². The van der Waals surface area contributed by atoms with Gasteiger partial charge in [-0.15, -0.1) is 0 Å². The first-order valence-electron chi connectivity index (χ1n) is 6.82. The van der Waals surface area contributed by atoms with Crippen LogP contribution in [0.4, 0.5) is 10.1 Å². The van der Waals surface area contributed by atoms with Crippen LogP contribution in [0.3, 0.4) is 0 Å². The summed E-state index contributed by atoms with van der Waals surface area (Å²) >= 11 is 0. The summed E-state index contributed by atoms with van der Waals surface area (Å²) in [6, 6.07) is 12.3. The first-order valence-corrected chi connectivity index (χ1v) is 6.82. The maximum Gasteiger partial charge on any atom is 0.251 e. The van der Waals surface area contributed by atoms with E-state index in [1.165, 1.54) is 24.3 Å². The zero-order chi connectivity index (χ0) is 16.1. The third-order valence-corrected chi connectivity index (χ3v) is 3.20. The molecule has 5 heteroatoms. The largest absolute Gasteiger partial charge is 0.378 e. The van der Waals surface area contributed by atoms with Crippen LogP contribution < -0.4 is 10.2 Å². The van der Waals surface area contributed by atoms with Crippen molar-refractivity contribution >= 4 is 17.4 Å². The maximum absolute atomic E-state index is 12.8. The number of Topliss-reactive ketones (excluding diaryl/α,β-unsaturated/α-hetero) is 1. The molecule has 2 rings (SSSR count). The highest BCUT2D eigenvalue weighted by Crippen LogP contribution is 2.13. The van der Waals surface area contributed by atoms with E-state index in [9.17, 15) is 14.0 Å². The molecule has 0 saturated heterocycles. The molecule has 0 radical (unpaired) electrons. The summed E-state index contributed by atoms with van der Waals surface area (Å²) in [6.45, 7) is -0.128. The second-order valence-corrected chi connectivity index (χ2v) is 5.06. The summed E-state index contributed by atoms with van der Waals surface area (Å²) in [6.07, 6.45) is 0. The van der Waals surface area contributed by atoms with Crippen LogP contribution in [0, 0.1) is 5.82 Å². The van der Waals surface area contributed by atoms with Crippen molar-refractivity contribution in [2.75, 3.05) is 25.5 Å². The van der Waals surface area contributed by atoms with E-state index in [4.69, 9.17) is 0 Å². The summed E-state index contributed by atoms with van der Waals surface area (Å²) in [4.78, 5) is 25.9. The molecule has 0 aliphatic heterocycles. The number of ketones is 1. The molecule has 4 nitrogen and oxygen atoms in total. The van der Waals surface area contributed by atoms with E-state index in [1.807, 2.05) is 25.1 Å². The minimum Gasteiger partial charge on any atom is -0.378 e. The van der Waals surface area contributed by atoms with Crippen LogP contribution in [0.15, 0.2) is 48.5 Å². The van der Waals surface area contributed by atoms with Crippen molar-refractivity contribution in [3.05, 3.63) is 65.5 Å². The Morgan fingerprint density at radius 2 is 1.73 bits per heavy atom. The molecule has 0 saturated carbocycles. The van der Waals surface area contributed by atoms with Gasteiger partial charge in [0.1, 0.15) is 5.82 Å². The van der Waals surface area contributed by atoms with Gasteiger partial charge < -0.3 is 10.2 Å². The Kier molecular flexibility index (Phi) is 4.88. The molecule has 0 atom stereocenters. The number of nitrogens with zero attached hydrogens (tertiary/aromatic N) is 1. The molecule has 0 unspecified atom stereocenters. The molecule has 1 N–H and O–H groups in total. The Hall–Kier alpha value is -2.69. The number of hydrogen-bond acceptors (Lipinski definition) is 3. The predicted octanol–water partition coefficient (Wildman–Crippen LogP) is 2.50. The van der Waals surface area contributed by atoms with Crippen LogP contribution in [0.5, 0.6) is 0 Å². The number of nitrogens with one attached hydrogen (secondary N) is 1.